The van der Waals surface area contributed by atoms with Gasteiger partial charge in [0.15, 0.2) is 0 Å². The fraction of sp³-hybridized carbons (Fsp3) is 0.857. The van der Waals surface area contributed by atoms with Crippen LogP contribution in [0.5, 0.6) is 0 Å². The second-order valence-corrected chi connectivity index (χ2v) is 5.77. The molecule has 0 spiro atoms. The van der Waals surface area contributed by atoms with Gasteiger partial charge in [-0.05, 0) is 49.0 Å². The first kappa shape index (κ1) is 12.6. The molecule has 0 amide bonds. The highest BCUT2D eigenvalue weighted by Gasteiger charge is 2.26. The van der Waals surface area contributed by atoms with Crippen LogP contribution in [0.25, 0.3) is 0 Å². The van der Waals surface area contributed by atoms with Crippen LogP contribution in [0, 0.1) is 23.7 Å². The predicted octanol–water partition coefficient (Wildman–Crippen LogP) is 4.55. The van der Waals surface area contributed by atoms with Crippen LogP contribution in [0.2, 0.25) is 0 Å². The Morgan fingerprint density at radius 3 is 2.40 bits per heavy atom. The van der Waals surface area contributed by atoms with Crippen molar-refractivity contribution in [1.82, 2.24) is 0 Å². The number of aliphatic hydroxyl groups excluding tert-OH is 1. The molecule has 15 heavy (non-hydrogen) atoms. The number of hydrogen-bond donors (Lipinski definition) is 1. The van der Waals surface area contributed by atoms with E-state index in [0.717, 1.165) is 36.5 Å². The van der Waals surface area contributed by atoms with E-state index >= 15 is 0 Å². The summed E-state index contributed by atoms with van der Waals surface area (Å²) < 4.78 is 0. The molecular formula is C14H26O. The van der Waals surface area contributed by atoms with Gasteiger partial charge in [0.05, 0.1) is 5.76 Å². The molecule has 1 aliphatic rings. The monoisotopic (exact) mass is 210 g/mol. The molecule has 2 atom stereocenters. The molecule has 0 fully saturated rings. The lowest BCUT2D eigenvalue weighted by Gasteiger charge is -2.33. The molecule has 1 nitrogen and oxygen atoms in total. The molecule has 88 valence electrons. The second-order valence-electron chi connectivity index (χ2n) is 5.77. The maximum atomic E-state index is 9.39. The van der Waals surface area contributed by atoms with Crippen molar-refractivity contribution < 1.29 is 5.11 Å². The van der Waals surface area contributed by atoms with Crippen molar-refractivity contribution in [2.24, 2.45) is 23.7 Å². The first-order chi connectivity index (χ1) is 7.00. The van der Waals surface area contributed by atoms with Gasteiger partial charge < -0.3 is 5.11 Å². The van der Waals surface area contributed by atoms with Crippen LogP contribution in [-0.2, 0) is 0 Å². The van der Waals surface area contributed by atoms with Gasteiger partial charge >= 0.3 is 0 Å². The largest absolute Gasteiger partial charge is 0.513 e. The van der Waals surface area contributed by atoms with Gasteiger partial charge in [0.2, 0.25) is 0 Å². The Labute approximate surface area is 94.6 Å². The lowest BCUT2D eigenvalue weighted by molar-refractivity contribution is 0.187. The van der Waals surface area contributed by atoms with Crippen molar-refractivity contribution in [3.8, 4) is 0 Å². The highest BCUT2D eigenvalue weighted by Crippen LogP contribution is 2.36. The van der Waals surface area contributed by atoms with Crippen LogP contribution in [0.4, 0.5) is 0 Å². The molecule has 1 aliphatic carbocycles. The van der Waals surface area contributed by atoms with Gasteiger partial charge in [0, 0.05) is 6.42 Å². The Morgan fingerprint density at radius 2 is 2.00 bits per heavy atom. The van der Waals surface area contributed by atoms with Gasteiger partial charge in [-0.1, -0.05) is 27.7 Å². The Morgan fingerprint density at radius 1 is 1.33 bits per heavy atom. The molecule has 0 aromatic heterocycles. The van der Waals surface area contributed by atoms with Gasteiger partial charge in [-0.2, -0.15) is 0 Å². The summed E-state index contributed by atoms with van der Waals surface area (Å²) in [6.45, 7) is 9.30. The predicted molar refractivity (Wildman–Crippen MR) is 65.8 cm³/mol. The van der Waals surface area contributed by atoms with E-state index in [1.807, 2.05) is 6.08 Å². The fourth-order valence-corrected chi connectivity index (χ4v) is 2.78. The highest BCUT2D eigenvalue weighted by atomic mass is 16.3. The number of allylic oxidation sites excluding steroid dienone is 2. The summed E-state index contributed by atoms with van der Waals surface area (Å²) in [5.41, 5.74) is 0. The van der Waals surface area contributed by atoms with Crippen molar-refractivity contribution >= 4 is 0 Å². The van der Waals surface area contributed by atoms with E-state index < -0.39 is 0 Å². The molecule has 0 aromatic carbocycles. The minimum absolute atomic E-state index is 0.610. The van der Waals surface area contributed by atoms with E-state index in [9.17, 15) is 5.11 Å². The van der Waals surface area contributed by atoms with Crippen LogP contribution < -0.4 is 0 Å². The van der Waals surface area contributed by atoms with Crippen molar-refractivity contribution in [2.75, 3.05) is 0 Å². The normalized spacial score (nSPS) is 24.4. The smallest absolute Gasteiger partial charge is 0.0883 e. The van der Waals surface area contributed by atoms with Gasteiger partial charge in [-0.3, -0.25) is 0 Å². The van der Waals surface area contributed by atoms with Crippen molar-refractivity contribution in [3.05, 3.63) is 11.8 Å². The van der Waals surface area contributed by atoms with Crippen LogP contribution in [0.1, 0.15) is 53.4 Å². The average Bonchev–Trinajstić information content (AvgIpc) is 2.15. The number of hydrogen-bond acceptors (Lipinski definition) is 1. The Kier molecular flexibility index (Phi) is 4.69. The third kappa shape index (κ3) is 3.89. The quantitative estimate of drug-likeness (QED) is 0.722. The highest BCUT2D eigenvalue weighted by molar-refractivity contribution is 4.98. The molecule has 0 bridgehead atoms. The molecule has 2 unspecified atom stereocenters. The minimum atomic E-state index is 0.610. The molecule has 0 aromatic rings. The van der Waals surface area contributed by atoms with E-state index in [0.29, 0.717) is 5.76 Å². The summed E-state index contributed by atoms with van der Waals surface area (Å²) in [5.74, 6) is 3.79. The molecule has 0 aliphatic heterocycles. The van der Waals surface area contributed by atoms with Crippen molar-refractivity contribution in [3.63, 3.8) is 0 Å². The summed E-state index contributed by atoms with van der Waals surface area (Å²) in [4.78, 5) is 0. The maximum Gasteiger partial charge on any atom is 0.0883 e. The zero-order valence-electron chi connectivity index (χ0n) is 10.7. The molecular weight excluding hydrogens is 184 g/mol. The fourth-order valence-electron chi connectivity index (χ4n) is 2.78. The molecule has 0 saturated carbocycles. The zero-order valence-corrected chi connectivity index (χ0v) is 10.7. The second kappa shape index (κ2) is 5.58. The van der Waals surface area contributed by atoms with E-state index in [1.165, 1.54) is 12.8 Å². The van der Waals surface area contributed by atoms with Crippen LogP contribution in [0.15, 0.2) is 11.8 Å². The van der Waals surface area contributed by atoms with E-state index in [2.05, 4.69) is 27.7 Å². The molecule has 0 heterocycles. The van der Waals surface area contributed by atoms with Crippen molar-refractivity contribution in [1.29, 1.82) is 0 Å². The summed E-state index contributed by atoms with van der Waals surface area (Å²) in [6, 6.07) is 0. The summed E-state index contributed by atoms with van der Waals surface area (Å²) in [7, 11) is 0. The topological polar surface area (TPSA) is 20.2 Å². The summed E-state index contributed by atoms with van der Waals surface area (Å²) >= 11 is 0. The molecule has 1 rings (SSSR count). The number of aliphatic hydroxyl groups is 1. The minimum Gasteiger partial charge on any atom is -0.513 e. The lowest BCUT2D eigenvalue weighted by atomic mass is 9.73. The van der Waals surface area contributed by atoms with E-state index in [-0.39, 0.29) is 0 Å². The van der Waals surface area contributed by atoms with Crippen molar-refractivity contribution in [2.45, 2.75) is 53.4 Å². The lowest BCUT2D eigenvalue weighted by Crippen LogP contribution is -2.23. The Balaban J connectivity index is 2.57. The van der Waals surface area contributed by atoms with E-state index in [1.54, 1.807) is 0 Å². The SMILES string of the molecule is CC(C)CC(C(C)C)C1CC=C(O)CC1. The standard InChI is InChI=1S/C14H26O/c1-10(2)9-14(11(3)4)12-5-7-13(15)8-6-12/h7,10-12,14-15H,5-6,8-9H2,1-4H3. The van der Waals surface area contributed by atoms with Crippen LogP contribution >= 0.6 is 0 Å². The Bertz CT molecular complexity index is 215. The molecule has 1 N–H and O–H groups in total. The summed E-state index contributed by atoms with van der Waals surface area (Å²) in [5, 5.41) is 9.39. The van der Waals surface area contributed by atoms with Gasteiger partial charge in [0.1, 0.15) is 0 Å². The molecule has 0 radical (unpaired) electrons. The Hall–Kier alpha value is -0.460. The third-order valence-electron chi connectivity index (χ3n) is 3.63. The van der Waals surface area contributed by atoms with Gasteiger partial charge in [0.25, 0.3) is 0 Å². The first-order valence-corrected chi connectivity index (χ1v) is 6.38. The van der Waals surface area contributed by atoms with Gasteiger partial charge in [-0.25, -0.2) is 0 Å². The first-order valence-electron chi connectivity index (χ1n) is 6.38. The average molecular weight is 210 g/mol. The van der Waals surface area contributed by atoms with Crippen LogP contribution in [-0.4, -0.2) is 5.11 Å². The third-order valence-corrected chi connectivity index (χ3v) is 3.63. The van der Waals surface area contributed by atoms with Gasteiger partial charge in [-0.15, -0.1) is 0 Å². The number of rotatable bonds is 4. The molecule has 1 heteroatoms. The molecule has 0 saturated heterocycles. The summed E-state index contributed by atoms with van der Waals surface area (Å²) in [6.07, 6.45) is 6.52. The zero-order chi connectivity index (χ0) is 11.4. The maximum absolute atomic E-state index is 9.39. The van der Waals surface area contributed by atoms with Crippen LogP contribution in [0.3, 0.4) is 0 Å². The van der Waals surface area contributed by atoms with E-state index in [4.69, 9.17) is 0 Å².